The molecule has 13 nitrogen and oxygen atoms in total. The summed E-state index contributed by atoms with van der Waals surface area (Å²) >= 11 is 5.87. The molecule has 3 rings (SSSR count). The predicted molar refractivity (Wildman–Crippen MR) is 132 cm³/mol. The second kappa shape index (κ2) is 12.0. The Morgan fingerprint density at radius 1 is 1.26 bits per heavy atom. The topological polar surface area (TPSA) is 167 Å². The number of aromatic amines is 1. The smallest absolute Gasteiger partial charge is 0.459 e. The van der Waals surface area contributed by atoms with Crippen LogP contribution >= 0.6 is 19.3 Å². The molecule has 3 N–H and O–H groups in total. The number of aliphatic hydroxyl groups is 1. The number of aliphatic hydroxyl groups excluding tert-OH is 1. The molecular formula is C22H28ClFN3O10P. The van der Waals surface area contributed by atoms with Crippen LogP contribution < -0.4 is 25.6 Å². The zero-order valence-corrected chi connectivity index (χ0v) is 22.5. The summed E-state index contributed by atoms with van der Waals surface area (Å²) in [5.74, 6) is -0.198. The number of nitrogens with one attached hydrogen (secondary N) is 2. The minimum Gasteiger partial charge on any atom is -0.497 e. The number of carbonyl (C=O) groups excluding carboxylic acids is 1. The lowest BCUT2D eigenvalue weighted by Crippen LogP contribution is -2.42. The van der Waals surface area contributed by atoms with Crippen LogP contribution in [0.2, 0.25) is 0 Å². The molecule has 0 aliphatic carbocycles. The van der Waals surface area contributed by atoms with Crippen molar-refractivity contribution in [3.8, 4) is 11.5 Å². The third kappa shape index (κ3) is 7.01. The number of benzene rings is 1. The maximum atomic E-state index is 15.3. The van der Waals surface area contributed by atoms with E-state index in [1.165, 1.54) is 38.3 Å². The Labute approximate surface area is 221 Å². The van der Waals surface area contributed by atoms with Gasteiger partial charge in [0.15, 0.2) is 6.23 Å². The molecule has 1 aliphatic heterocycles. The van der Waals surface area contributed by atoms with Crippen molar-refractivity contribution in [1.29, 1.82) is 0 Å². The molecule has 2 heterocycles. The molecule has 0 amide bonds. The van der Waals surface area contributed by atoms with Crippen molar-refractivity contribution in [1.82, 2.24) is 14.6 Å². The van der Waals surface area contributed by atoms with Crippen LogP contribution in [0.5, 0.6) is 11.5 Å². The van der Waals surface area contributed by atoms with Crippen molar-refractivity contribution in [2.75, 3.05) is 13.7 Å². The molecule has 1 aromatic heterocycles. The quantitative estimate of drug-likeness (QED) is 0.202. The third-order valence-corrected chi connectivity index (χ3v) is 7.29. The highest BCUT2D eigenvalue weighted by molar-refractivity contribution is 7.52. The van der Waals surface area contributed by atoms with Gasteiger partial charge in [0.2, 0.25) is 0 Å². The molecule has 16 heteroatoms. The number of aromatic nitrogens is 2. The minimum atomic E-state index is -4.41. The van der Waals surface area contributed by atoms with E-state index >= 15 is 4.39 Å². The van der Waals surface area contributed by atoms with E-state index in [1.807, 2.05) is 4.98 Å². The Balaban J connectivity index is 1.81. The lowest BCUT2D eigenvalue weighted by molar-refractivity contribution is -0.149. The SMILES string of the molecule is COc1ccc(OP(=O)(NC(C)C(=O)OC(C)C)OCC2OC(n3ccc(=O)[nH]c3=O)C(F)(Cl)C2O)cc1. The van der Waals surface area contributed by atoms with E-state index in [-0.39, 0.29) is 5.75 Å². The maximum absolute atomic E-state index is 15.3. The summed E-state index contributed by atoms with van der Waals surface area (Å²) in [6.07, 6.45) is -4.99. The lowest BCUT2D eigenvalue weighted by Gasteiger charge is -2.25. The fourth-order valence-corrected chi connectivity index (χ4v) is 5.18. The van der Waals surface area contributed by atoms with Gasteiger partial charge in [0.05, 0.1) is 19.8 Å². The Morgan fingerprint density at radius 2 is 1.89 bits per heavy atom. The van der Waals surface area contributed by atoms with Gasteiger partial charge in [-0.3, -0.25) is 23.7 Å². The molecule has 0 saturated carbocycles. The molecule has 0 radical (unpaired) electrons. The fraction of sp³-hybridized carbons (Fsp3) is 0.500. The number of hydrogen-bond acceptors (Lipinski definition) is 10. The molecule has 1 fully saturated rings. The Kier molecular flexibility index (Phi) is 9.39. The van der Waals surface area contributed by atoms with Crippen LogP contribution in [0.25, 0.3) is 0 Å². The van der Waals surface area contributed by atoms with Crippen LogP contribution in [0.3, 0.4) is 0 Å². The molecule has 2 aromatic rings. The van der Waals surface area contributed by atoms with Gasteiger partial charge in [-0.2, -0.15) is 5.09 Å². The molecule has 6 unspecified atom stereocenters. The summed E-state index contributed by atoms with van der Waals surface area (Å²) < 4.78 is 56.1. The van der Waals surface area contributed by atoms with E-state index in [1.54, 1.807) is 13.8 Å². The summed E-state index contributed by atoms with van der Waals surface area (Å²) in [7, 11) is -2.96. The van der Waals surface area contributed by atoms with E-state index < -0.39 is 67.3 Å². The Morgan fingerprint density at radius 3 is 2.47 bits per heavy atom. The second-order valence-electron chi connectivity index (χ2n) is 8.56. The summed E-state index contributed by atoms with van der Waals surface area (Å²) in [6.45, 7) is 3.88. The highest BCUT2D eigenvalue weighted by Crippen LogP contribution is 2.48. The summed E-state index contributed by atoms with van der Waals surface area (Å²) in [5, 5.41) is 9.88. The first-order valence-corrected chi connectivity index (χ1v) is 13.3. The van der Waals surface area contributed by atoms with Crippen LogP contribution in [0.15, 0.2) is 46.1 Å². The van der Waals surface area contributed by atoms with Gasteiger partial charge < -0.3 is 23.8 Å². The highest BCUT2D eigenvalue weighted by atomic mass is 35.5. The first kappa shape index (κ1) is 29.8. The number of rotatable bonds is 11. The number of carbonyl (C=O) groups is 1. The van der Waals surface area contributed by atoms with Crippen LogP contribution in [-0.4, -0.2) is 63.8 Å². The van der Waals surface area contributed by atoms with Crippen LogP contribution in [0, 0.1) is 0 Å². The number of ether oxygens (including phenoxy) is 3. The summed E-state index contributed by atoms with van der Waals surface area (Å²) in [6, 6.07) is 5.68. The summed E-state index contributed by atoms with van der Waals surface area (Å²) in [4.78, 5) is 37.7. The van der Waals surface area contributed by atoms with Crippen molar-refractivity contribution in [3.05, 3.63) is 57.4 Å². The maximum Gasteiger partial charge on any atom is 0.459 e. The van der Waals surface area contributed by atoms with E-state index in [9.17, 15) is 24.1 Å². The molecular weight excluding hydrogens is 552 g/mol. The van der Waals surface area contributed by atoms with E-state index in [4.69, 9.17) is 34.9 Å². The number of H-pyrrole nitrogens is 1. The van der Waals surface area contributed by atoms with Crippen molar-refractivity contribution >= 4 is 25.3 Å². The van der Waals surface area contributed by atoms with Crippen LogP contribution in [0.4, 0.5) is 4.39 Å². The van der Waals surface area contributed by atoms with Gasteiger partial charge in [0, 0.05) is 12.3 Å². The molecule has 0 bridgehead atoms. The molecule has 6 atom stereocenters. The Hall–Kier alpha value is -2.74. The van der Waals surface area contributed by atoms with Gasteiger partial charge in [-0.25, -0.2) is 13.8 Å². The van der Waals surface area contributed by atoms with Gasteiger partial charge >= 0.3 is 19.4 Å². The first-order chi connectivity index (χ1) is 17.8. The molecule has 1 aromatic carbocycles. The monoisotopic (exact) mass is 579 g/mol. The number of alkyl halides is 2. The normalized spacial score (nSPS) is 25.5. The van der Waals surface area contributed by atoms with Gasteiger partial charge in [0.1, 0.15) is 29.7 Å². The predicted octanol–water partition coefficient (Wildman–Crippen LogP) is 1.84. The fourth-order valence-electron chi connectivity index (χ4n) is 3.38. The first-order valence-electron chi connectivity index (χ1n) is 11.3. The number of esters is 1. The molecule has 38 heavy (non-hydrogen) atoms. The number of methoxy groups -OCH3 is 1. The molecule has 1 aliphatic rings. The minimum absolute atomic E-state index is 0.0637. The number of hydrogen-bond donors (Lipinski definition) is 3. The average molecular weight is 580 g/mol. The van der Waals surface area contributed by atoms with Crippen LogP contribution in [-0.2, 0) is 23.4 Å². The van der Waals surface area contributed by atoms with E-state index in [0.29, 0.717) is 10.3 Å². The number of nitrogens with zero attached hydrogens (tertiary/aromatic N) is 1. The lowest BCUT2D eigenvalue weighted by atomic mass is 10.1. The van der Waals surface area contributed by atoms with Gasteiger partial charge in [-0.1, -0.05) is 11.6 Å². The molecule has 0 spiro atoms. The summed E-state index contributed by atoms with van der Waals surface area (Å²) in [5.41, 5.74) is -1.77. The zero-order valence-electron chi connectivity index (χ0n) is 20.8. The molecule has 210 valence electrons. The average Bonchev–Trinajstić information content (AvgIpc) is 3.06. The van der Waals surface area contributed by atoms with Gasteiger partial charge in [-0.05, 0) is 45.0 Å². The Bertz CT molecular complexity index is 1290. The van der Waals surface area contributed by atoms with Crippen molar-refractivity contribution in [2.24, 2.45) is 0 Å². The molecule has 1 saturated heterocycles. The largest absolute Gasteiger partial charge is 0.497 e. The van der Waals surface area contributed by atoms with Crippen molar-refractivity contribution < 1.29 is 42.1 Å². The van der Waals surface area contributed by atoms with Crippen molar-refractivity contribution in [2.45, 2.75) is 56.5 Å². The van der Waals surface area contributed by atoms with Gasteiger partial charge in [-0.15, -0.1) is 0 Å². The van der Waals surface area contributed by atoms with Crippen molar-refractivity contribution in [3.63, 3.8) is 0 Å². The van der Waals surface area contributed by atoms with E-state index in [0.717, 1.165) is 12.3 Å². The number of halogens is 2. The van der Waals surface area contributed by atoms with Crippen LogP contribution in [0.1, 0.15) is 27.0 Å². The van der Waals surface area contributed by atoms with E-state index in [2.05, 4.69) is 5.09 Å². The highest BCUT2D eigenvalue weighted by Gasteiger charge is 2.58. The van der Waals surface area contributed by atoms with Gasteiger partial charge in [0.25, 0.3) is 10.7 Å². The zero-order chi connectivity index (χ0) is 28.3. The third-order valence-electron chi connectivity index (χ3n) is 5.23. The standard InChI is InChI=1S/C22H28ClFN3O10P/c1-12(2)35-19(30)13(3)26-38(32,37-15-7-5-14(33-4)6-8-15)34-11-16-18(29)22(23,24)20(36-16)27-10-9-17(28)25-21(27)31/h5-10,12-13,16,18,20,29H,11H2,1-4H3,(H,26,32)(H,25,28,31). The second-order valence-corrected chi connectivity index (χ2v) is 10.8.